The minimum atomic E-state index is -1.10. The van der Waals surface area contributed by atoms with Gasteiger partial charge in [0.15, 0.2) is 0 Å². The fourth-order valence-corrected chi connectivity index (χ4v) is 4.25. The van der Waals surface area contributed by atoms with Crippen LogP contribution in [0, 0.1) is 0 Å². The van der Waals surface area contributed by atoms with Crippen molar-refractivity contribution in [2.45, 2.75) is 30.2 Å². The maximum absolute atomic E-state index is 12.1. The van der Waals surface area contributed by atoms with Crippen LogP contribution in [0.4, 0.5) is 0 Å². The SMILES string of the molecule is CCOc1ccc(SCC(=O)NC2(C(=O)O)CCSCC2)cc1. The minimum absolute atomic E-state index is 0.205. The van der Waals surface area contributed by atoms with Crippen LogP contribution < -0.4 is 10.1 Å². The van der Waals surface area contributed by atoms with Crippen molar-refractivity contribution in [2.75, 3.05) is 23.9 Å². The van der Waals surface area contributed by atoms with Crippen LogP contribution >= 0.6 is 23.5 Å². The van der Waals surface area contributed by atoms with Crippen LogP contribution in [0.1, 0.15) is 19.8 Å². The molecular formula is C16H21NO4S2. The van der Waals surface area contributed by atoms with Gasteiger partial charge >= 0.3 is 5.97 Å². The van der Waals surface area contributed by atoms with Crippen molar-refractivity contribution in [3.8, 4) is 5.75 Å². The zero-order chi connectivity index (χ0) is 16.7. The van der Waals surface area contributed by atoms with Crippen LogP contribution in [0.15, 0.2) is 29.2 Å². The van der Waals surface area contributed by atoms with Gasteiger partial charge in [-0.1, -0.05) is 0 Å². The fraction of sp³-hybridized carbons (Fsp3) is 0.500. The molecule has 1 aromatic carbocycles. The summed E-state index contributed by atoms with van der Waals surface area (Å²) in [5.74, 6) is 1.36. The molecule has 1 aliphatic rings. The lowest BCUT2D eigenvalue weighted by atomic mass is 9.92. The van der Waals surface area contributed by atoms with E-state index in [9.17, 15) is 14.7 Å². The van der Waals surface area contributed by atoms with Crippen molar-refractivity contribution in [1.29, 1.82) is 0 Å². The number of rotatable bonds is 7. The lowest BCUT2D eigenvalue weighted by Crippen LogP contribution is -2.57. The summed E-state index contributed by atoms with van der Waals surface area (Å²) in [6, 6.07) is 7.52. The van der Waals surface area contributed by atoms with Gasteiger partial charge in [0.05, 0.1) is 12.4 Å². The van der Waals surface area contributed by atoms with E-state index < -0.39 is 11.5 Å². The smallest absolute Gasteiger partial charge is 0.329 e. The molecule has 1 amide bonds. The first kappa shape index (κ1) is 18.0. The van der Waals surface area contributed by atoms with Crippen molar-refractivity contribution in [3.05, 3.63) is 24.3 Å². The first-order valence-corrected chi connectivity index (χ1v) is 9.67. The molecule has 1 saturated heterocycles. The van der Waals surface area contributed by atoms with Crippen LogP contribution in [-0.2, 0) is 9.59 Å². The molecule has 7 heteroatoms. The van der Waals surface area contributed by atoms with Crippen molar-refractivity contribution in [3.63, 3.8) is 0 Å². The molecule has 1 aliphatic heterocycles. The van der Waals surface area contributed by atoms with E-state index in [0.717, 1.165) is 22.2 Å². The molecule has 1 heterocycles. The van der Waals surface area contributed by atoms with Crippen LogP contribution in [0.5, 0.6) is 5.75 Å². The average Bonchev–Trinajstić information content (AvgIpc) is 2.55. The normalized spacial score (nSPS) is 16.6. The average molecular weight is 355 g/mol. The van der Waals surface area contributed by atoms with Crippen LogP contribution in [0.2, 0.25) is 0 Å². The molecule has 0 saturated carbocycles. The molecule has 5 nitrogen and oxygen atoms in total. The Morgan fingerprint density at radius 1 is 1.30 bits per heavy atom. The topological polar surface area (TPSA) is 75.6 Å². The number of carboxylic acids is 1. The van der Waals surface area contributed by atoms with Gasteiger partial charge in [0.2, 0.25) is 5.91 Å². The number of thioether (sulfide) groups is 2. The molecule has 0 aromatic heterocycles. The van der Waals surface area contributed by atoms with E-state index >= 15 is 0 Å². The highest BCUT2D eigenvalue weighted by Gasteiger charge is 2.41. The summed E-state index contributed by atoms with van der Waals surface area (Å²) in [6.07, 6.45) is 0.957. The van der Waals surface area contributed by atoms with Gasteiger partial charge in [-0.25, -0.2) is 4.79 Å². The predicted molar refractivity (Wildman–Crippen MR) is 93.4 cm³/mol. The van der Waals surface area contributed by atoms with Crippen molar-refractivity contribution in [1.82, 2.24) is 5.32 Å². The number of ether oxygens (including phenoxy) is 1. The van der Waals surface area contributed by atoms with Crippen LogP contribution in [0.3, 0.4) is 0 Å². The Morgan fingerprint density at radius 3 is 2.52 bits per heavy atom. The van der Waals surface area contributed by atoms with E-state index in [1.54, 1.807) is 11.8 Å². The van der Waals surface area contributed by atoms with E-state index in [1.165, 1.54) is 11.8 Å². The number of carboxylic acid groups (broad SMARTS) is 1. The van der Waals surface area contributed by atoms with Crippen molar-refractivity contribution < 1.29 is 19.4 Å². The summed E-state index contributed by atoms with van der Waals surface area (Å²) in [6.45, 7) is 2.54. The highest BCUT2D eigenvalue weighted by atomic mass is 32.2. The van der Waals surface area contributed by atoms with E-state index in [0.29, 0.717) is 19.4 Å². The van der Waals surface area contributed by atoms with Gasteiger partial charge in [0, 0.05) is 4.90 Å². The third-order valence-electron chi connectivity index (χ3n) is 3.64. The molecular weight excluding hydrogens is 334 g/mol. The quantitative estimate of drug-likeness (QED) is 0.733. The Morgan fingerprint density at radius 2 is 1.96 bits per heavy atom. The molecule has 2 rings (SSSR count). The van der Waals surface area contributed by atoms with E-state index in [-0.39, 0.29) is 11.7 Å². The van der Waals surface area contributed by atoms with E-state index in [2.05, 4.69) is 5.32 Å². The minimum Gasteiger partial charge on any atom is -0.494 e. The summed E-state index contributed by atoms with van der Waals surface area (Å²) in [5, 5.41) is 12.2. The summed E-state index contributed by atoms with van der Waals surface area (Å²) in [7, 11) is 0. The molecule has 1 fully saturated rings. The summed E-state index contributed by atoms with van der Waals surface area (Å²) in [5.41, 5.74) is -1.10. The van der Waals surface area contributed by atoms with Gasteiger partial charge in [-0.05, 0) is 55.5 Å². The number of hydrogen-bond acceptors (Lipinski definition) is 5. The zero-order valence-electron chi connectivity index (χ0n) is 13.0. The molecule has 1 aromatic rings. The number of hydrogen-bond donors (Lipinski definition) is 2. The highest BCUT2D eigenvalue weighted by Crippen LogP contribution is 2.28. The molecule has 2 N–H and O–H groups in total. The van der Waals surface area contributed by atoms with E-state index in [4.69, 9.17) is 4.74 Å². The van der Waals surface area contributed by atoms with Gasteiger partial charge in [-0.15, -0.1) is 11.8 Å². The second kappa shape index (κ2) is 8.49. The fourth-order valence-electron chi connectivity index (χ4n) is 2.36. The summed E-state index contributed by atoms with van der Waals surface area (Å²) >= 11 is 3.11. The Hall–Kier alpha value is -1.34. The predicted octanol–water partition coefficient (Wildman–Crippen LogP) is 2.64. The highest BCUT2D eigenvalue weighted by molar-refractivity contribution is 8.00. The van der Waals surface area contributed by atoms with Gasteiger partial charge in [0.25, 0.3) is 0 Å². The Balaban J connectivity index is 1.87. The third kappa shape index (κ3) is 5.07. The Labute approximate surface area is 144 Å². The number of carbonyl (C=O) groups excluding carboxylic acids is 1. The lowest BCUT2D eigenvalue weighted by molar-refractivity contribution is -0.147. The number of carbonyl (C=O) groups is 2. The molecule has 0 radical (unpaired) electrons. The van der Waals surface area contributed by atoms with Gasteiger partial charge < -0.3 is 15.2 Å². The molecule has 0 spiro atoms. The van der Waals surface area contributed by atoms with Gasteiger partial charge in [0.1, 0.15) is 11.3 Å². The molecule has 23 heavy (non-hydrogen) atoms. The summed E-state index contributed by atoms with van der Waals surface area (Å²) < 4.78 is 5.37. The van der Waals surface area contributed by atoms with Crippen molar-refractivity contribution in [2.24, 2.45) is 0 Å². The lowest BCUT2D eigenvalue weighted by Gasteiger charge is -2.33. The first-order chi connectivity index (χ1) is 11.1. The monoisotopic (exact) mass is 355 g/mol. The number of amides is 1. The number of aliphatic carboxylic acids is 1. The Bertz CT molecular complexity index is 542. The van der Waals surface area contributed by atoms with Crippen LogP contribution in [0.25, 0.3) is 0 Å². The summed E-state index contributed by atoms with van der Waals surface area (Å²) in [4.78, 5) is 24.6. The second-order valence-electron chi connectivity index (χ2n) is 5.24. The number of nitrogens with one attached hydrogen (secondary N) is 1. The molecule has 0 bridgehead atoms. The van der Waals surface area contributed by atoms with Gasteiger partial charge in [-0.2, -0.15) is 11.8 Å². The standard InChI is InChI=1S/C16H21NO4S2/c1-2-21-12-3-5-13(6-4-12)23-11-14(18)17-16(15(19)20)7-9-22-10-8-16/h3-6H,2,7-11H2,1H3,(H,17,18)(H,19,20). The number of benzene rings is 1. The second-order valence-corrected chi connectivity index (χ2v) is 7.51. The molecule has 126 valence electrons. The zero-order valence-corrected chi connectivity index (χ0v) is 14.7. The largest absolute Gasteiger partial charge is 0.494 e. The van der Waals surface area contributed by atoms with Crippen molar-refractivity contribution >= 4 is 35.4 Å². The molecule has 0 aliphatic carbocycles. The molecule has 0 atom stereocenters. The van der Waals surface area contributed by atoms with Gasteiger partial charge in [-0.3, -0.25) is 4.79 Å². The third-order valence-corrected chi connectivity index (χ3v) is 5.64. The Kier molecular flexibility index (Phi) is 6.65. The van der Waals surface area contributed by atoms with Crippen LogP contribution in [-0.4, -0.2) is 46.4 Å². The maximum atomic E-state index is 12.1. The maximum Gasteiger partial charge on any atom is 0.329 e. The molecule has 0 unspecified atom stereocenters. The first-order valence-electron chi connectivity index (χ1n) is 7.53. The van der Waals surface area contributed by atoms with E-state index in [1.807, 2.05) is 31.2 Å².